The Labute approximate surface area is 103 Å². The Hall–Kier alpha value is -1.58. The number of nitrogens with one attached hydrogen (secondary N) is 2. The van der Waals surface area contributed by atoms with E-state index in [1.807, 2.05) is 7.05 Å². The van der Waals surface area contributed by atoms with Crippen LogP contribution in [0.2, 0.25) is 0 Å². The molecule has 0 aliphatic carbocycles. The summed E-state index contributed by atoms with van der Waals surface area (Å²) >= 11 is 0. The van der Waals surface area contributed by atoms with E-state index in [9.17, 15) is 4.79 Å². The first-order chi connectivity index (χ1) is 8.31. The Morgan fingerprint density at radius 2 is 2.18 bits per heavy atom. The van der Waals surface area contributed by atoms with Gasteiger partial charge in [-0.2, -0.15) is 0 Å². The van der Waals surface area contributed by atoms with E-state index in [4.69, 9.17) is 0 Å². The van der Waals surface area contributed by atoms with E-state index in [0.29, 0.717) is 0 Å². The van der Waals surface area contributed by atoms with Gasteiger partial charge >= 0.3 is 0 Å². The smallest absolute Gasteiger partial charge is 0.207 e. The van der Waals surface area contributed by atoms with Gasteiger partial charge in [0.25, 0.3) is 0 Å². The number of unbranched alkanes of at least 4 members (excludes halogenated alkanes) is 1. The average Bonchev–Trinajstić information content (AvgIpc) is 2.38. The number of pyridine rings is 1. The maximum Gasteiger partial charge on any atom is 0.207 e. The van der Waals surface area contributed by atoms with Crippen molar-refractivity contribution in [2.75, 3.05) is 18.9 Å². The summed E-state index contributed by atoms with van der Waals surface area (Å²) in [6.45, 7) is 2.87. The highest BCUT2D eigenvalue weighted by Crippen LogP contribution is 2.14. The summed E-state index contributed by atoms with van der Waals surface area (Å²) in [7, 11) is 1.90. The number of hydrogen-bond acceptors (Lipinski definition) is 3. The molecule has 0 saturated heterocycles. The predicted octanol–water partition coefficient (Wildman–Crippen LogP) is 1.75. The molecule has 1 rings (SSSR count). The first kappa shape index (κ1) is 13.5. The minimum Gasteiger partial charge on any atom is -0.373 e. The van der Waals surface area contributed by atoms with Crippen molar-refractivity contribution in [2.24, 2.45) is 0 Å². The molecule has 0 aliphatic heterocycles. The summed E-state index contributed by atoms with van der Waals surface area (Å²) in [5.74, 6) is 0.982. The number of aryl methyl sites for hydroxylation is 2. The number of aromatic nitrogens is 1. The van der Waals surface area contributed by atoms with E-state index in [1.165, 1.54) is 5.56 Å². The molecule has 1 amide bonds. The Morgan fingerprint density at radius 1 is 1.35 bits per heavy atom. The van der Waals surface area contributed by atoms with E-state index < -0.39 is 0 Å². The molecule has 0 radical (unpaired) electrons. The van der Waals surface area contributed by atoms with Crippen LogP contribution in [0.3, 0.4) is 0 Å². The lowest BCUT2D eigenvalue weighted by Crippen LogP contribution is -2.12. The number of hydrogen-bond donors (Lipinski definition) is 2. The Balaban J connectivity index is 2.45. The summed E-state index contributed by atoms with van der Waals surface area (Å²) in [6, 6.07) is 4.23. The zero-order valence-corrected chi connectivity index (χ0v) is 10.6. The molecular weight excluding hydrogens is 214 g/mol. The zero-order chi connectivity index (χ0) is 12.5. The highest BCUT2D eigenvalue weighted by atomic mass is 16.1. The Bertz CT molecular complexity index is 353. The van der Waals surface area contributed by atoms with Gasteiger partial charge in [0.2, 0.25) is 6.41 Å². The summed E-state index contributed by atoms with van der Waals surface area (Å²) < 4.78 is 0. The van der Waals surface area contributed by atoms with Crippen molar-refractivity contribution in [3.05, 3.63) is 23.4 Å². The number of carbonyl (C=O) groups is 1. The van der Waals surface area contributed by atoms with Crippen molar-refractivity contribution in [1.82, 2.24) is 10.3 Å². The quantitative estimate of drug-likeness (QED) is 0.533. The van der Waals surface area contributed by atoms with Crippen LogP contribution in [0.4, 0.5) is 5.82 Å². The third-order valence-corrected chi connectivity index (χ3v) is 2.74. The van der Waals surface area contributed by atoms with Crippen molar-refractivity contribution in [3.8, 4) is 0 Å². The lowest BCUT2D eigenvalue weighted by Gasteiger charge is -2.08. The monoisotopic (exact) mass is 235 g/mol. The normalized spacial score (nSPS) is 10.0. The number of nitrogens with zero attached hydrogens (tertiary/aromatic N) is 1. The molecule has 0 aliphatic rings. The lowest BCUT2D eigenvalue weighted by atomic mass is 10.1. The first-order valence-corrected chi connectivity index (χ1v) is 6.15. The number of anilines is 1. The van der Waals surface area contributed by atoms with Crippen LogP contribution in [-0.4, -0.2) is 25.0 Å². The number of amides is 1. The van der Waals surface area contributed by atoms with Crippen LogP contribution in [0.5, 0.6) is 0 Å². The second kappa shape index (κ2) is 7.65. The van der Waals surface area contributed by atoms with Gasteiger partial charge in [-0.25, -0.2) is 4.98 Å². The molecule has 0 spiro atoms. The Morgan fingerprint density at radius 3 is 2.82 bits per heavy atom. The highest BCUT2D eigenvalue weighted by Gasteiger charge is 2.02. The summed E-state index contributed by atoms with van der Waals surface area (Å²) in [4.78, 5) is 14.6. The molecule has 0 aromatic carbocycles. The molecule has 0 saturated carbocycles. The molecule has 0 atom stereocenters. The molecule has 2 N–H and O–H groups in total. The van der Waals surface area contributed by atoms with Gasteiger partial charge in [-0.3, -0.25) is 4.79 Å². The molecule has 4 heteroatoms. The second-order valence-corrected chi connectivity index (χ2v) is 3.94. The number of carbonyl (C=O) groups excluding carboxylic acids is 1. The third-order valence-electron chi connectivity index (χ3n) is 2.74. The van der Waals surface area contributed by atoms with Crippen molar-refractivity contribution in [3.63, 3.8) is 0 Å². The summed E-state index contributed by atoms with van der Waals surface area (Å²) in [5.41, 5.74) is 2.36. The molecule has 1 aromatic rings. The van der Waals surface area contributed by atoms with Crippen molar-refractivity contribution < 1.29 is 4.79 Å². The van der Waals surface area contributed by atoms with Gasteiger partial charge in [0.1, 0.15) is 5.82 Å². The van der Waals surface area contributed by atoms with Crippen molar-refractivity contribution in [1.29, 1.82) is 0 Å². The van der Waals surface area contributed by atoms with Crippen LogP contribution < -0.4 is 10.6 Å². The SMILES string of the molecule is CCc1ccc(CCCCNC=O)nc1NC. The van der Waals surface area contributed by atoms with Gasteiger partial charge in [-0.05, 0) is 37.3 Å². The molecule has 1 aromatic heterocycles. The van der Waals surface area contributed by atoms with Crippen LogP contribution in [0, 0.1) is 0 Å². The van der Waals surface area contributed by atoms with Crippen LogP contribution in [0.1, 0.15) is 31.0 Å². The largest absolute Gasteiger partial charge is 0.373 e. The van der Waals surface area contributed by atoms with Gasteiger partial charge < -0.3 is 10.6 Å². The third kappa shape index (κ3) is 4.43. The summed E-state index contributed by atoms with van der Waals surface area (Å²) in [5, 5.41) is 5.79. The molecule has 94 valence electrons. The highest BCUT2D eigenvalue weighted by molar-refractivity contribution is 5.45. The lowest BCUT2D eigenvalue weighted by molar-refractivity contribution is -0.109. The molecule has 17 heavy (non-hydrogen) atoms. The fourth-order valence-corrected chi connectivity index (χ4v) is 1.76. The Kier molecular flexibility index (Phi) is 6.07. The van der Waals surface area contributed by atoms with E-state index in [-0.39, 0.29) is 0 Å². The molecule has 4 nitrogen and oxygen atoms in total. The van der Waals surface area contributed by atoms with Gasteiger partial charge in [0.05, 0.1) is 0 Å². The fraction of sp³-hybridized carbons (Fsp3) is 0.538. The van der Waals surface area contributed by atoms with E-state index in [1.54, 1.807) is 0 Å². The fourth-order valence-electron chi connectivity index (χ4n) is 1.76. The maximum atomic E-state index is 10.1. The maximum absolute atomic E-state index is 10.1. The van der Waals surface area contributed by atoms with Gasteiger partial charge in [0.15, 0.2) is 0 Å². The van der Waals surface area contributed by atoms with E-state index >= 15 is 0 Å². The molecular formula is C13H21N3O. The molecule has 1 heterocycles. The molecule has 0 fully saturated rings. The minimum atomic E-state index is 0.743. The van der Waals surface area contributed by atoms with Crippen LogP contribution in [0.15, 0.2) is 12.1 Å². The zero-order valence-electron chi connectivity index (χ0n) is 10.6. The van der Waals surface area contributed by atoms with E-state index in [0.717, 1.165) is 50.1 Å². The van der Waals surface area contributed by atoms with Gasteiger partial charge in [-0.1, -0.05) is 13.0 Å². The van der Waals surface area contributed by atoms with Crippen molar-refractivity contribution in [2.45, 2.75) is 32.6 Å². The minimum absolute atomic E-state index is 0.743. The number of rotatable bonds is 8. The summed E-state index contributed by atoms with van der Waals surface area (Å²) in [6.07, 6.45) is 4.73. The van der Waals surface area contributed by atoms with Crippen LogP contribution in [-0.2, 0) is 17.6 Å². The standard InChI is InChI=1S/C13H21N3O/c1-3-11-7-8-12(16-13(11)14-2)6-4-5-9-15-10-17/h7-8,10H,3-6,9H2,1-2H3,(H,14,16)(H,15,17). The van der Waals surface area contributed by atoms with Gasteiger partial charge in [-0.15, -0.1) is 0 Å². The van der Waals surface area contributed by atoms with Crippen LogP contribution >= 0.6 is 0 Å². The molecule has 0 bridgehead atoms. The second-order valence-electron chi connectivity index (χ2n) is 3.94. The van der Waals surface area contributed by atoms with Crippen molar-refractivity contribution >= 4 is 12.2 Å². The molecule has 0 unspecified atom stereocenters. The average molecular weight is 235 g/mol. The topological polar surface area (TPSA) is 54.0 Å². The first-order valence-electron chi connectivity index (χ1n) is 6.15. The van der Waals surface area contributed by atoms with Crippen LogP contribution in [0.25, 0.3) is 0 Å². The van der Waals surface area contributed by atoms with E-state index in [2.05, 4.69) is 34.7 Å². The van der Waals surface area contributed by atoms with Gasteiger partial charge in [0, 0.05) is 19.3 Å². The predicted molar refractivity (Wildman–Crippen MR) is 70.2 cm³/mol.